The number of anilines is 1. The van der Waals surface area contributed by atoms with Crippen LogP contribution >= 0.6 is 0 Å². The maximum Gasteiger partial charge on any atom is 0.302 e. The maximum atomic E-state index is 13.2. The smallest absolute Gasteiger partial charge is 0.302 e. The van der Waals surface area contributed by atoms with Crippen LogP contribution in [0.3, 0.4) is 0 Å². The molecule has 1 amide bonds. The van der Waals surface area contributed by atoms with Crippen molar-refractivity contribution in [3.05, 3.63) is 99.4 Å². The number of amides is 1. The van der Waals surface area contributed by atoms with Crippen LogP contribution in [0.2, 0.25) is 0 Å². The summed E-state index contributed by atoms with van der Waals surface area (Å²) in [6, 6.07) is 14.6. The molecular formula is C24H17N5O5. The summed E-state index contributed by atoms with van der Waals surface area (Å²) in [5.74, 6) is -2.11. The van der Waals surface area contributed by atoms with Gasteiger partial charge < -0.3 is 10.1 Å². The Morgan fingerprint density at radius 2 is 1.88 bits per heavy atom. The third kappa shape index (κ3) is 3.37. The van der Waals surface area contributed by atoms with E-state index in [-0.39, 0.29) is 22.8 Å². The van der Waals surface area contributed by atoms with Crippen molar-refractivity contribution < 1.29 is 19.6 Å². The average molecular weight is 455 g/mol. The van der Waals surface area contributed by atoms with E-state index in [2.05, 4.69) is 15.0 Å². The van der Waals surface area contributed by atoms with Crippen molar-refractivity contribution >= 4 is 40.1 Å². The highest BCUT2D eigenvalue weighted by atomic mass is 16.6. The molecule has 2 N–H and O–H groups in total. The Kier molecular flexibility index (Phi) is 4.90. The van der Waals surface area contributed by atoms with Crippen LogP contribution in [0.5, 0.6) is 0 Å². The molecule has 0 bridgehead atoms. The van der Waals surface area contributed by atoms with Gasteiger partial charge in [-0.25, -0.2) is 4.98 Å². The van der Waals surface area contributed by atoms with Crippen molar-refractivity contribution in [2.45, 2.75) is 13.0 Å². The van der Waals surface area contributed by atoms with Crippen LogP contribution in [-0.2, 0) is 9.59 Å². The van der Waals surface area contributed by atoms with Gasteiger partial charge in [-0.2, -0.15) is 0 Å². The van der Waals surface area contributed by atoms with E-state index in [1.807, 2.05) is 19.1 Å². The number of hydrogen-bond acceptors (Lipinski definition) is 7. The number of imidazole rings is 1. The van der Waals surface area contributed by atoms with Crippen molar-refractivity contribution in [1.82, 2.24) is 15.0 Å². The molecule has 0 radical (unpaired) electrons. The second-order valence-electron chi connectivity index (χ2n) is 7.81. The summed E-state index contributed by atoms with van der Waals surface area (Å²) in [7, 11) is 0. The number of nitro benzene ring substituents is 1. The number of non-ortho nitro benzene ring substituents is 1. The highest BCUT2D eigenvalue weighted by Gasteiger charge is 2.48. The van der Waals surface area contributed by atoms with Gasteiger partial charge in [0.05, 0.1) is 27.2 Å². The zero-order chi connectivity index (χ0) is 24.0. The number of carbonyl (C=O) groups is 2. The molecule has 2 aromatic heterocycles. The van der Waals surface area contributed by atoms with Crippen LogP contribution in [0.25, 0.3) is 16.8 Å². The van der Waals surface area contributed by atoms with Gasteiger partial charge in [0.15, 0.2) is 0 Å². The van der Waals surface area contributed by atoms with Crippen molar-refractivity contribution in [2.24, 2.45) is 0 Å². The number of Topliss-reactive ketones (excluding diaryl/α,β-unsaturated/α-hetero) is 1. The van der Waals surface area contributed by atoms with E-state index in [1.165, 1.54) is 35.4 Å². The molecule has 1 unspecified atom stereocenters. The number of ketones is 1. The number of pyridine rings is 1. The zero-order valence-electron chi connectivity index (χ0n) is 17.8. The van der Waals surface area contributed by atoms with Crippen molar-refractivity contribution in [2.75, 3.05) is 4.90 Å². The number of nitrogens with one attached hydrogen (secondary N) is 1. The Morgan fingerprint density at radius 1 is 1.12 bits per heavy atom. The van der Waals surface area contributed by atoms with Crippen LogP contribution in [0, 0.1) is 17.0 Å². The number of aromatic amines is 1. The van der Waals surface area contributed by atoms with Gasteiger partial charge in [0.1, 0.15) is 11.8 Å². The number of fused-ring (bicyclic) bond motifs is 1. The number of nitro groups is 1. The van der Waals surface area contributed by atoms with E-state index in [9.17, 15) is 24.8 Å². The monoisotopic (exact) mass is 455 g/mol. The summed E-state index contributed by atoms with van der Waals surface area (Å²) in [6.45, 7) is 1.92. The van der Waals surface area contributed by atoms with Gasteiger partial charge in [0.2, 0.25) is 5.95 Å². The molecule has 1 aliphatic heterocycles. The van der Waals surface area contributed by atoms with Crippen LogP contribution in [-0.4, -0.2) is 36.7 Å². The minimum absolute atomic E-state index is 0.140. The van der Waals surface area contributed by atoms with E-state index in [1.54, 1.807) is 24.3 Å². The Morgan fingerprint density at radius 3 is 2.56 bits per heavy atom. The second kappa shape index (κ2) is 7.93. The Hall–Kier alpha value is -4.86. The van der Waals surface area contributed by atoms with Crippen LogP contribution < -0.4 is 4.90 Å². The molecule has 1 saturated heterocycles. The molecule has 1 aliphatic rings. The van der Waals surface area contributed by atoms with Gasteiger partial charge >= 0.3 is 5.91 Å². The van der Waals surface area contributed by atoms with E-state index in [0.717, 1.165) is 5.56 Å². The normalized spacial score (nSPS) is 17.4. The quantitative estimate of drug-likeness (QED) is 0.157. The molecular weight excluding hydrogens is 438 g/mol. The van der Waals surface area contributed by atoms with Gasteiger partial charge in [-0.1, -0.05) is 12.1 Å². The van der Waals surface area contributed by atoms with E-state index in [4.69, 9.17) is 0 Å². The first-order valence-electron chi connectivity index (χ1n) is 10.3. The predicted octanol–water partition coefficient (Wildman–Crippen LogP) is 3.80. The topological polar surface area (TPSA) is 142 Å². The van der Waals surface area contributed by atoms with Gasteiger partial charge in [-0.15, -0.1) is 0 Å². The number of aryl methyl sites for hydroxylation is 1. The van der Waals surface area contributed by atoms with Gasteiger partial charge in [-0.3, -0.25) is 29.6 Å². The van der Waals surface area contributed by atoms with Crippen LogP contribution in [0.15, 0.2) is 72.4 Å². The second-order valence-corrected chi connectivity index (χ2v) is 7.81. The lowest BCUT2D eigenvalue weighted by molar-refractivity contribution is -0.384. The summed E-state index contributed by atoms with van der Waals surface area (Å²) < 4.78 is 0. The van der Waals surface area contributed by atoms with Gasteiger partial charge in [0.25, 0.3) is 11.5 Å². The number of aromatic nitrogens is 3. The third-order valence-corrected chi connectivity index (χ3v) is 5.62. The average Bonchev–Trinajstić information content (AvgIpc) is 3.37. The highest BCUT2D eigenvalue weighted by Crippen LogP contribution is 2.41. The zero-order valence-corrected chi connectivity index (χ0v) is 17.8. The molecule has 0 spiro atoms. The molecule has 10 heteroatoms. The first-order valence-corrected chi connectivity index (χ1v) is 10.3. The van der Waals surface area contributed by atoms with E-state index < -0.39 is 28.4 Å². The molecule has 2 aromatic carbocycles. The molecule has 0 saturated carbocycles. The van der Waals surface area contributed by atoms with E-state index in [0.29, 0.717) is 16.7 Å². The lowest BCUT2D eigenvalue weighted by Gasteiger charge is -2.22. The largest absolute Gasteiger partial charge is 0.507 e. The summed E-state index contributed by atoms with van der Waals surface area (Å²) >= 11 is 0. The lowest BCUT2D eigenvalue weighted by atomic mass is 9.98. The molecule has 34 heavy (non-hydrogen) atoms. The number of aliphatic hydroxyl groups excluding tert-OH is 1. The molecule has 4 aromatic rings. The van der Waals surface area contributed by atoms with Crippen molar-refractivity contribution in [3.8, 4) is 0 Å². The Balaban J connectivity index is 1.69. The van der Waals surface area contributed by atoms with Gasteiger partial charge in [-0.05, 0) is 48.9 Å². The molecule has 5 rings (SSSR count). The molecule has 10 nitrogen and oxygen atoms in total. The number of carbonyl (C=O) groups excluding carboxylic acids is 2. The van der Waals surface area contributed by atoms with Crippen LogP contribution in [0.4, 0.5) is 11.6 Å². The number of H-pyrrole nitrogens is 1. The standard InChI is InChI=1S/C24H17N5O5/c1-13-5-10-16-18(12-13)27-24(26-16)28-20(17-4-2-3-11-25-17)19(22(31)23(28)32)21(30)14-6-8-15(9-7-14)29(33)34/h2-12,20,30H,1H3,(H,26,27)/b21-19+. The number of hydrogen-bond donors (Lipinski definition) is 2. The molecule has 0 aliphatic carbocycles. The number of aliphatic hydroxyl groups is 1. The molecule has 1 atom stereocenters. The van der Waals surface area contributed by atoms with E-state index >= 15 is 0 Å². The summed E-state index contributed by atoms with van der Waals surface area (Å²) in [6.07, 6.45) is 1.52. The summed E-state index contributed by atoms with van der Waals surface area (Å²) in [5, 5.41) is 22.0. The van der Waals surface area contributed by atoms with Crippen LogP contribution in [0.1, 0.15) is 22.9 Å². The minimum Gasteiger partial charge on any atom is -0.507 e. The SMILES string of the molecule is Cc1ccc2nc(N3C(=O)C(=O)/C(=C(/O)c4ccc([N+](=O)[O-])cc4)C3c3ccccn3)[nH]c2c1. The fourth-order valence-electron chi connectivity index (χ4n) is 3.99. The van der Waals surface area contributed by atoms with Crippen molar-refractivity contribution in [1.29, 1.82) is 0 Å². The lowest BCUT2D eigenvalue weighted by Crippen LogP contribution is -2.30. The molecule has 168 valence electrons. The van der Waals surface area contributed by atoms with Gasteiger partial charge in [0, 0.05) is 23.9 Å². The number of nitrogens with zero attached hydrogens (tertiary/aromatic N) is 4. The Labute approximate surface area is 192 Å². The number of benzene rings is 2. The van der Waals surface area contributed by atoms with Crippen molar-refractivity contribution in [3.63, 3.8) is 0 Å². The minimum atomic E-state index is -1.06. The highest BCUT2D eigenvalue weighted by molar-refractivity contribution is 6.51. The summed E-state index contributed by atoms with van der Waals surface area (Å²) in [4.78, 5) is 49.8. The fourth-order valence-corrected chi connectivity index (χ4v) is 3.99. The number of rotatable bonds is 4. The predicted molar refractivity (Wildman–Crippen MR) is 123 cm³/mol. The molecule has 1 fully saturated rings. The maximum absolute atomic E-state index is 13.2. The first-order chi connectivity index (χ1) is 16.3. The Bertz CT molecular complexity index is 1490. The fraction of sp³-hybridized carbons (Fsp3) is 0.0833. The third-order valence-electron chi connectivity index (χ3n) is 5.62. The molecule has 3 heterocycles. The first kappa shape index (κ1) is 21.0. The summed E-state index contributed by atoms with van der Waals surface area (Å²) in [5.41, 5.74) is 2.44.